The van der Waals surface area contributed by atoms with Gasteiger partial charge in [0, 0.05) is 25.5 Å². The average molecular weight is 224 g/mol. The van der Waals surface area contributed by atoms with Gasteiger partial charge in [0.1, 0.15) is 5.56 Å². The summed E-state index contributed by atoms with van der Waals surface area (Å²) in [4.78, 5) is 14.7. The maximum Gasteiger partial charge on any atom is 0.339 e. The lowest BCUT2D eigenvalue weighted by molar-refractivity contribution is 0.0696. The van der Waals surface area contributed by atoms with Gasteiger partial charge in [0.15, 0.2) is 0 Å². The van der Waals surface area contributed by atoms with Crippen molar-refractivity contribution in [2.24, 2.45) is 0 Å². The molecule has 2 N–H and O–H groups in total. The number of ether oxygens (including phenoxy) is 1. The van der Waals surface area contributed by atoms with Crippen molar-refractivity contribution in [2.45, 2.75) is 20.0 Å². The van der Waals surface area contributed by atoms with E-state index in [1.54, 1.807) is 12.3 Å². The molecule has 1 heterocycles. The van der Waals surface area contributed by atoms with Crippen molar-refractivity contribution in [1.29, 1.82) is 0 Å². The summed E-state index contributed by atoms with van der Waals surface area (Å²) in [5.41, 5.74) is 0.736. The van der Waals surface area contributed by atoms with Crippen LogP contribution in [0.1, 0.15) is 24.2 Å². The maximum absolute atomic E-state index is 10.9. The fraction of sp³-hybridized carbons (Fsp3) is 0.455. The molecule has 0 fully saturated rings. The lowest BCUT2D eigenvalue weighted by Gasteiger charge is -2.14. The Balaban J connectivity index is 2.63. The number of carbonyl (C=O) groups is 1. The van der Waals surface area contributed by atoms with E-state index in [-0.39, 0.29) is 11.7 Å². The maximum atomic E-state index is 10.9. The van der Waals surface area contributed by atoms with Crippen molar-refractivity contribution in [2.75, 3.05) is 18.5 Å². The molecule has 1 rings (SSSR count). The first-order valence-electron chi connectivity index (χ1n) is 5.18. The molecule has 88 valence electrons. The fourth-order valence-electron chi connectivity index (χ4n) is 1.32. The Kier molecular flexibility index (Phi) is 4.72. The van der Waals surface area contributed by atoms with Crippen LogP contribution in [0.15, 0.2) is 18.5 Å². The van der Waals surface area contributed by atoms with Gasteiger partial charge in [-0.2, -0.15) is 0 Å². The van der Waals surface area contributed by atoms with E-state index in [0.717, 1.165) is 0 Å². The normalized spacial score (nSPS) is 12.1. The van der Waals surface area contributed by atoms with Crippen molar-refractivity contribution < 1.29 is 14.6 Å². The largest absolute Gasteiger partial charge is 0.478 e. The zero-order valence-electron chi connectivity index (χ0n) is 9.43. The number of aromatic nitrogens is 1. The number of carboxylic acid groups (broad SMARTS) is 1. The fourth-order valence-corrected chi connectivity index (χ4v) is 1.32. The second-order valence-corrected chi connectivity index (χ2v) is 3.37. The quantitative estimate of drug-likeness (QED) is 0.768. The lowest BCUT2D eigenvalue weighted by Crippen LogP contribution is -2.20. The SMILES string of the molecule is CCOC(C)CNc1ccncc1C(=O)O. The van der Waals surface area contributed by atoms with Crippen LogP contribution in [0.4, 0.5) is 5.69 Å². The van der Waals surface area contributed by atoms with Crippen LogP contribution >= 0.6 is 0 Å². The Bertz CT molecular complexity index is 355. The highest BCUT2D eigenvalue weighted by Gasteiger charge is 2.10. The lowest BCUT2D eigenvalue weighted by atomic mass is 10.2. The molecule has 1 aromatic heterocycles. The minimum atomic E-state index is -0.986. The Labute approximate surface area is 94.5 Å². The topological polar surface area (TPSA) is 71.5 Å². The molecule has 1 aromatic rings. The Hall–Kier alpha value is -1.62. The van der Waals surface area contributed by atoms with Gasteiger partial charge < -0.3 is 15.2 Å². The van der Waals surface area contributed by atoms with Crippen LogP contribution < -0.4 is 5.32 Å². The zero-order valence-corrected chi connectivity index (χ0v) is 9.43. The first-order valence-corrected chi connectivity index (χ1v) is 5.18. The molecule has 1 unspecified atom stereocenters. The van der Waals surface area contributed by atoms with E-state index in [2.05, 4.69) is 10.3 Å². The van der Waals surface area contributed by atoms with Crippen LogP contribution in [0, 0.1) is 0 Å². The minimum Gasteiger partial charge on any atom is -0.478 e. The molecule has 0 spiro atoms. The van der Waals surface area contributed by atoms with Crippen molar-refractivity contribution in [3.05, 3.63) is 24.0 Å². The van der Waals surface area contributed by atoms with Gasteiger partial charge in [-0.3, -0.25) is 4.98 Å². The highest BCUT2D eigenvalue weighted by molar-refractivity contribution is 5.93. The van der Waals surface area contributed by atoms with Crippen molar-refractivity contribution in [3.8, 4) is 0 Å². The minimum absolute atomic E-state index is 0.0415. The second-order valence-electron chi connectivity index (χ2n) is 3.37. The molecular weight excluding hydrogens is 208 g/mol. The summed E-state index contributed by atoms with van der Waals surface area (Å²) >= 11 is 0. The number of nitrogens with one attached hydrogen (secondary N) is 1. The molecule has 5 heteroatoms. The third-order valence-electron chi connectivity index (χ3n) is 2.08. The molecule has 16 heavy (non-hydrogen) atoms. The molecule has 0 aliphatic heterocycles. The predicted octanol–water partition coefficient (Wildman–Crippen LogP) is 1.62. The number of pyridine rings is 1. The number of rotatable bonds is 6. The molecule has 0 bridgehead atoms. The summed E-state index contributed by atoms with van der Waals surface area (Å²) < 4.78 is 5.34. The number of anilines is 1. The predicted molar refractivity (Wildman–Crippen MR) is 60.8 cm³/mol. The number of hydrogen-bond acceptors (Lipinski definition) is 4. The standard InChI is InChI=1S/C11H16N2O3/c1-3-16-8(2)6-13-10-4-5-12-7-9(10)11(14)15/h4-5,7-8H,3,6H2,1-2H3,(H,12,13)(H,14,15). The molecule has 0 radical (unpaired) electrons. The Morgan fingerprint density at radius 1 is 1.69 bits per heavy atom. The smallest absolute Gasteiger partial charge is 0.339 e. The van der Waals surface area contributed by atoms with Gasteiger partial charge in [-0.05, 0) is 19.9 Å². The molecule has 0 amide bonds. The number of hydrogen-bond donors (Lipinski definition) is 2. The number of carboxylic acids is 1. The Morgan fingerprint density at radius 3 is 3.06 bits per heavy atom. The van der Waals surface area contributed by atoms with Crippen molar-refractivity contribution in [1.82, 2.24) is 4.98 Å². The van der Waals surface area contributed by atoms with E-state index in [0.29, 0.717) is 18.8 Å². The van der Waals surface area contributed by atoms with Gasteiger partial charge in [-0.25, -0.2) is 4.79 Å². The molecule has 0 saturated carbocycles. The summed E-state index contributed by atoms with van der Waals surface area (Å²) in [6, 6.07) is 1.64. The average Bonchev–Trinajstić information content (AvgIpc) is 2.27. The van der Waals surface area contributed by atoms with Gasteiger partial charge in [-0.15, -0.1) is 0 Å². The van der Waals surface area contributed by atoms with Crippen LogP contribution in [0.5, 0.6) is 0 Å². The van der Waals surface area contributed by atoms with Crippen molar-refractivity contribution in [3.63, 3.8) is 0 Å². The van der Waals surface area contributed by atoms with E-state index in [9.17, 15) is 4.79 Å². The summed E-state index contributed by atoms with van der Waals surface area (Å²) in [7, 11) is 0. The first kappa shape index (κ1) is 12.4. The summed E-state index contributed by atoms with van der Waals surface area (Å²) in [6.07, 6.45) is 2.93. The Morgan fingerprint density at radius 2 is 2.44 bits per heavy atom. The highest BCUT2D eigenvalue weighted by Crippen LogP contribution is 2.13. The van der Waals surface area contributed by atoms with E-state index >= 15 is 0 Å². The summed E-state index contributed by atoms with van der Waals surface area (Å²) in [5.74, 6) is -0.986. The summed E-state index contributed by atoms with van der Waals surface area (Å²) in [6.45, 7) is 5.06. The number of aromatic carboxylic acids is 1. The third kappa shape index (κ3) is 3.51. The first-order chi connectivity index (χ1) is 7.65. The van der Waals surface area contributed by atoms with E-state index < -0.39 is 5.97 Å². The van der Waals surface area contributed by atoms with Gasteiger partial charge in [0.25, 0.3) is 0 Å². The second kappa shape index (κ2) is 6.07. The third-order valence-corrected chi connectivity index (χ3v) is 2.08. The van der Waals surface area contributed by atoms with Crippen LogP contribution in [-0.4, -0.2) is 35.3 Å². The molecule has 0 aliphatic carbocycles. The van der Waals surface area contributed by atoms with E-state index in [1.807, 2.05) is 13.8 Å². The molecular formula is C11H16N2O3. The van der Waals surface area contributed by atoms with Crippen LogP contribution in [0.3, 0.4) is 0 Å². The van der Waals surface area contributed by atoms with Crippen LogP contribution in [-0.2, 0) is 4.74 Å². The van der Waals surface area contributed by atoms with Gasteiger partial charge in [-0.1, -0.05) is 0 Å². The van der Waals surface area contributed by atoms with Gasteiger partial charge >= 0.3 is 5.97 Å². The van der Waals surface area contributed by atoms with Gasteiger partial charge in [0.05, 0.1) is 11.8 Å². The monoisotopic (exact) mass is 224 g/mol. The van der Waals surface area contributed by atoms with Crippen LogP contribution in [0.2, 0.25) is 0 Å². The van der Waals surface area contributed by atoms with Crippen LogP contribution in [0.25, 0.3) is 0 Å². The molecule has 0 aromatic carbocycles. The zero-order chi connectivity index (χ0) is 12.0. The van der Waals surface area contributed by atoms with E-state index in [1.165, 1.54) is 6.20 Å². The highest BCUT2D eigenvalue weighted by atomic mass is 16.5. The number of nitrogens with zero attached hydrogens (tertiary/aromatic N) is 1. The van der Waals surface area contributed by atoms with Crippen molar-refractivity contribution >= 4 is 11.7 Å². The molecule has 1 atom stereocenters. The summed E-state index contributed by atoms with van der Waals surface area (Å²) in [5, 5.41) is 12.0. The molecule has 5 nitrogen and oxygen atoms in total. The molecule has 0 saturated heterocycles. The molecule has 0 aliphatic rings. The van der Waals surface area contributed by atoms with E-state index in [4.69, 9.17) is 9.84 Å². The van der Waals surface area contributed by atoms with Gasteiger partial charge in [0.2, 0.25) is 0 Å².